The number of fused-ring (bicyclic) bond motifs is 14. The Balaban J connectivity index is 1.14. The summed E-state index contributed by atoms with van der Waals surface area (Å²) in [7, 11) is 0. The van der Waals surface area contributed by atoms with Crippen LogP contribution in [0.3, 0.4) is 0 Å². The molecule has 0 atom stereocenters. The van der Waals surface area contributed by atoms with Gasteiger partial charge in [-0.25, -0.2) is 0 Å². The van der Waals surface area contributed by atoms with Gasteiger partial charge in [0.25, 0.3) is 0 Å². The van der Waals surface area contributed by atoms with Crippen molar-refractivity contribution in [1.82, 2.24) is 0 Å². The number of hydrogen-bond acceptors (Lipinski definition) is 4. The summed E-state index contributed by atoms with van der Waals surface area (Å²) in [4.78, 5) is 0. The molecule has 0 radical (unpaired) electrons. The molecule has 10 rings (SSSR count). The average Bonchev–Trinajstić information content (AvgIpc) is 3.70. The largest absolute Gasteiger partial charge is 0.456 e. The minimum atomic E-state index is 0.836. The van der Waals surface area contributed by atoms with E-state index in [1.54, 1.807) is 0 Å². The minimum Gasteiger partial charge on any atom is -0.456 e. The Labute approximate surface area is 244 Å². The Morgan fingerprint density at radius 1 is 0.442 bits per heavy atom. The summed E-state index contributed by atoms with van der Waals surface area (Å²) in [5, 5.41) is 14.9. The number of furan rings is 3. The van der Waals surface area contributed by atoms with E-state index in [1.807, 2.05) is 30.3 Å². The molecule has 10 aromatic rings. The van der Waals surface area contributed by atoms with Crippen LogP contribution in [0, 0.1) is 6.92 Å². The zero-order valence-electron chi connectivity index (χ0n) is 23.2. The molecule has 0 amide bonds. The number of anilines is 2. The van der Waals surface area contributed by atoms with Crippen LogP contribution in [0.4, 0.5) is 11.4 Å². The van der Waals surface area contributed by atoms with Crippen LogP contribution in [-0.4, -0.2) is 0 Å². The molecule has 0 unspecified atom stereocenters. The Morgan fingerprint density at radius 2 is 1.14 bits per heavy atom. The fourth-order valence-electron chi connectivity index (χ4n) is 6.94. The molecule has 0 saturated carbocycles. The van der Waals surface area contributed by atoms with Crippen molar-refractivity contribution in [2.75, 3.05) is 5.32 Å². The second-order valence-electron chi connectivity index (χ2n) is 11.5. The van der Waals surface area contributed by atoms with Crippen molar-refractivity contribution in [2.45, 2.75) is 6.92 Å². The molecule has 0 aliphatic rings. The maximum atomic E-state index is 6.50. The Kier molecular flexibility index (Phi) is 4.35. The van der Waals surface area contributed by atoms with E-state index >= 15 is 0 Å². The quantitative estimate of drug-likeness (QED) is 0.216. The minimum absolute atomic E-state index is 0.836. The van der Waals surface area contributed by atoms with E-state index in [9.17, 15) is 0 Å². The van der Waals surface area contributed by atoms with Crippen LogP contribution in [0.1, 0.15) is 5.56 Å². The van der Waals surface area contributed by atoms with Gasteiger partial charge in [-0.15, -0.1) is 0 Å². The summed E-state index contributed by atoms with van der Waals surface area (Å²) in [6.07, 6.45) is 0. The van der Waals surface area contributed by atoms with Crippen LogP contribution in [-0.2, 0) is 0 Å². The lowest BCUT2D eigenvalue weighted by Gasteiger charge is -2.12. The van der Waals surface area contributed by atoms with Gasteiger partial charge >= 0.3 is 0 Å². The second-order valence-corrected chi connectivity index (χ2v) is 11.5. The molecule has 0 aliphatic heterocycles. The third-order valence-corrected chi connectivity index (χ3v) is 8.89. The smallest absolute Gasteiger partial charge is 0.143 e. The van der Waals surface area contributed by atoms with Crippen molar-refractivity contribution in [1.29, 1.82) is 0 Å². The average molecular weight is 554 g/mol. The Bertz CT molecular complexity index is 2770. The van der Waals surface area contributed by atoms with Gasteiger partial charge in [-0.1, -0.05) is 60.7 Å². The lowest BCUT2D eigenvalue weighted by molar-refractivity contribution is 0.663. The normalized spacial score (nSPS) is 12.3. The highest BCUT2D eigenvalue weighted by atomic mass is 16.3. The summed E-state index contributed by atoms with van der Waals surface area (Å²) >= 11 is 0. The highest BCUT2D eigenvalue weighted by Crippen LogP contribution is 2.42. The van der Waals surface area contributed by atoms with E-state index in [0.717, 1.165) is 98.7 Å². The van der Waals surface area contributed by atoms with Crippen molar-refractivity contribution in [3.63, 3.8) is 0 Å². The van der Waals surface area contributed by atoms with Crippen molar-refractivity contribution >= 4 is 98.7 Å². The van der Waals surface area contributed by atoms with Crippen molar-refractivity contribution in [2.24, 2.45) is 0 Å². The van der Waals surface area contributed by atoms with Gasteiger partial charge < -0.3 is 18.6 Å². The van der Waals surface area contributed by atoms with E-state index in [1.165, 1.54) is 5.56 Å². The molecular weight excluding hydrogens is 530 g/mol. The first-order valence-corrected chi connectivity index (χ1v) is 14.5. The summed E-state index contributed by atoms with van der Waals surface area (Å²) in [5.74, 6) is 0. The summed E-state index contributed by atoms with van der Waals surface area (Å²) in [5.41, 5.74) is 8.49. The third-order valence-electron chi connectivity index (χ3n) is 8.89. The topological polar surface area (TPSA) is 51.5 Å². The lowest BCUT2D eigenvalue weighted by atomic mass is 9.98. The lowest BCUT2D eigenvalue weighted by Crippen LogP contribution is -1.91. The van der Waals surface area contributed by atoms with Gasteiger partial charge in [0.2, 0.25) is 0 Å². The standard InChI is InChI=1S/C39H23NO3/c1-21-9-13-25-27-15-11-22-10-14-24-26(36(22)39(27)43-34(25)19-21)6-4-7-30(24)40-23-12-16-29-35(20-23)42-33-18-17-32-37(38(29)33)28-5-2-3-8-31(28)41-32/h2-20,40H,1H3. The third kappa shape index (κ3) is 3.15. The number of para-hydroxylation sites is 1. The molecular formula is C39H23NO3. The van der Waals surface area contributed by atoms with E-state index in [4.69, 9.17) is 13.3 Å². The van der Waals surface area contributed by atoms with Gasteiger partial charge in [0.1, 0.15) is 33.5 Å². The molecule has 0 spiro atoms. The van der Waals surface area contributed by atoms with Crippen LogP contribution in [0.5, 0.6) is 0 Å². The molecule has 7 aromatic carbocycles. The molecule has 0 aliphatic carbocycles. The van der Waals surface area contributed by atoms with Gasteiger partial charge in [0.05, 0.1) is 0 Å². The molecule has 0 bridgehead atoms. The van der Waals surface area contributed by atoms with Gasteiger partial charge in [0, 0.05) is 60.5 Å². The van der Waals surface area contributed by atoms with Crippen LogP contribution < -0.4 is 5.32 Å². The fourth-order valence-corrected chi connectivity index (χ4v) is 6.94. The Morgan fingerprint density at radius 3 is 2.02 bits per heavy atom. The number of benzene rings is 7. The molecule has 43 heavy (non-hydrogen) atoms. The summed E-state index contributed by atoms with van der Waals surface area (Å²) < 4.78 is 19.0. The second kappa shape index (κ2) is 8.17. The molecule has 0 saturated heterocycles. The van der Waals surface area contributed by atoms with Crippen LogP contribution in [0.25, 0.3) is 87.4 Å². The van der Waals surface area contributed by atoms with Gasteiger partial charge in [-0.3, -0.25) is 0 Å². The van der Waals surface area contributed by atoms with E-state index in [0.29, 0.717) is 0 Å². The first kappa shape index (κ1) is 22.9. The van der Waals surface area contributed by atoms with E-state index < -0.39 is 0 Å². The Hall–Kier alpha value is -5.74. The van der Waals surface area contributed by atoms with E-state index in [-0.39, 0.29) is 0 Å². The van der Waals surface area contributed by atoms with Crippen molar-refractivity contribution in [3.8, 4) is 0 Å². The van der Waals surface area contributed by atoms with Gasteiger partial charge in [-0.2, -0.15) is 0 Å². The molecule has 3 heterocycles. The maximum absolute atomic E-state index is 6.50. The first-order valence-electron chi connectivity index (χ1n) is 14.5. The maximum Gasteiger partial charge on any atom is 0.143 e. The summed E-state index contributed by atoms with van der Waals surface area (Å²) in [6.45, 7) is 2.10. The number of rotatable bonds is 2. The van der Waals surface area contributed by atoms with Crippen molar-refractivity contribution < 1.29 is 13.3 Å². The molecule has 4 heteroatoms. The van der Waals surface area contributed by atoms with Crippen LogP contribution in [0.15, 0.2) is 129 Å². The first-order chi connectivity index (χ1) is 21.2. The zero-order chi connectivity index (χ0) is 28.2. The molecule has 4 nitrogen and oxygen atoms in total. The molecule has 3 aromatic heterocycles. The van der Waals surface area contributed by atoms with Gasteiger partial charge in [-0.05, 0) is 71.8 Å². The monoisotopic (exact) mass is 553 g/mol. The predicted molar refractivity (Wildman–Crippen MR) is 178 cm³/mol. The van der Waals surface area contributed by atoms with Gasteiger partial charge in [0.15, 0.2) is 0 Å². The molecule has 0 fully saturated rings. The highest BCUT2D eigenvalue weighted by Gasteiger charge is 2.17. The SMILES string of the molecule is Cc1ccc2c(c1)oc1c2ccc2ccc3c(Nc4ccc5c(c4)oc4ccc6oc7ccccc7c6c45)cccc3c21. The number of hydrogen-bond donors (Lipinski definition) is 1. The molecule has 202 valence electrons. The number of nitrogens with one attached hydrogen (secondary N) is 1. The molecule has 1 N–H and O–H groups in total. The highest BCUT2D eigenvalue weighted by molar-refractivity contribution is 6.26. The van der Waals surface area contributed by atoms with E-state index in [2.05, 4.69) is 97.2 Å². The van der Waals surface area contributed by atoms with Crippen molar-refractivity contribution in [3.05, 3.63) is 121 Å². The zero-order valence-corrected chi connectivity index (χ0v) is 23.2. The summed E-state index contributed by atoms with van der Waals surface area (Å²) in [6, 6.07) is 40.1. The van der Waals surface area contributed by atoms with Crippen LogP contribution >= 0.6 is 0 Å². The number of aryl methyl sites for hydroxylation is 1. The van der Waals surface area contributed by atoms with Crippen LogP contribution in [0.2, 0.25) is 0 Å². The predicted octanol–water partition coefficient (Wildman–Crippen LogP) is 11.7. The fraction of sp³-hybridized carbons (Fsp3) is 0.0256.